The Balaban J connectivity index is 1.26. The van der Waals surface area contributed by atoms with E-state index in [4.69, 9.17) is 0 Å². The van der Waals surface area contributed by atoms with Gasteiger partial charge in [-0.1, -0.05) is 43.2 Å². The number of hydrogen-bond acceptors (Lipinski definition) is 3. The predicted molar refractivity (Wildman–Crippen MR) is 129 cm³/mol. The molecule has 1 aliphatic heterocycles. The number of amides is 2. The van der Waals surface area contributed by atoms with E-state index in [0.29, 0.717) is 6.54 Å². The van der Waals surface area contributed by atoms with Crippen molar-refractivity contribution in [1.82, 2.24) is 9.55 Å². The zero-order chi connectivity index (χ0) is 22.8. The highest BCUT2D eigenvalue weighted by Crippen LogP contribution is 2.36. The lowest BCUT2D eigenvalue weighted by atomic mass is 9.77. The molecule has 1 fully saturated rings. The van der Waals surface area contributed by atoms with Crippen molar-refractivity contribution in [2.45, 2.75) is 45.6 Å². The number of hydrogen-bond donors (Lipinski definition) is 1. The van der Waals surface area contributed by atoms with E-state index in [9.17, 15) is 9.59 Å². The number of anilines is 2. The van der Waals surface area contributed by atoms with Gasteiger partial charge in [-0.15, -0.1) is 0 Å². The van der Waals surface area contributed by atoms with Crippen molar-refractivity contribution < 1.29 is 9.59 Å². The smallest absolute Gasteiger partial charge is 0.230 e. The van der Waals surface area contributed by atoms with Crippen LogP contribution >= 0.6 is 0 Å². The van der Waals surface area contributed by atoms with Gasteiger partial charge in [0.2, 0.25) is 11.8 Å². The Kier molecular flexibility index (Phi) is 5.99. The zero-order valence-corrected chi connectivity index (χ0v) is 19.0. The molecule has 6 heteroatoms. The number of fused-ring (bicyclic) bond motifs is 1. The van der Waals surface area contributed by atoms with E-state index in [2.05, 4.69) is 20.9 Å². The summed E-state index contributed by atoms with van der Waals surface area (Å²) in [6, 6.07) is 16.0. The maximum Gasteiger partial charge on any atom is 0.230 e. The van der Waals surface area contributed by atoms with E-state index in [1.807, 2.05) is 60.5 Å². The number of nitrogens with zero attached hydrogens (tertiary/aromatic N) is 3. The molecule has 1 aliphatic carbocycles. The average molecular weight is 443 g/mol. The Hall–Kier alpha value is -3.41. The second-order valence-electron chi connectivity index (χ2n) is 9.15. The summed E-state index contributed by atoms with van der Waals surface area (Å²) in [6.45, 7) is 3.44. The van der Waals surface area contributed by atoms with Crippen LogP contribution < -0.4 is 10.2 Å². The lowest BCUT2D eigenvalue weighted by Crippen LogP contribution is -2.43. The molecule has 1 N–H and O–H groups in total. The first-order valence-electron chi connectivity index (χ1n) is 11.9. The third kappa shape index (κ3) is 4.42. The Morgan fingerprint density at radius 3 is 2.55 bits per heavy atom. The van der Waals surface area contributed by atoms with E-state index in [1.54, 1.807) is 6.20 Å². The fourth-order valence-corrected chi connectivity index (χ4v) is 5.20. The topological polar surface area (TPSA) is 67.2 Å². The van der Waals surface area contributed by atoms with Gasteiger partial charge in [0, 0.05) is 42.8 Å². The summed E-state index contributed by atoms with van der Waals surface area (Å²) in [5.74, 6) is 0.492. The van der Waals surface area contributed by atoms with Crippen molar-refractivity contribution >= 4 is 23.2 Å². The highest BCUT2D eigenvalue weighted by atomic mass is 16.2. The summed E-state index contributed by atoms with van der Waals surface area (Å²) in [5.41, 5.74) is 4.14. The lowest BCUT2D eigenvalue weighted by molar-refractivity contribution is -0.132. The molecule has 0 radical (unpaired) electrons. The van der Waals surface area contributed by atoms with Crippen LogP contribution in [0.2, 0.25) is 0 Å². The van der Waals surface area contributed by atoms with Crippen LogP contribution in [-0.4, -0.2) is 27.9 Å². The molecule has 1 aromatic heterocycles. The molecule has 1 saturated carbocycles. The molecule has 5 rings (SSSR count). The van der Waals surface area contributed by atoms with Crippen LogP contribution in [0.1, 0.15) is 42.6 Å². The second kappa shape index (κ2) is 9.22. The third-order valence-corrected chi connectivity index (χ3v) is 7.07. The minimum Gasteiger partial charge on any atom is -0.331 e. The molecule has 0 spiro atoms. The standard InChI is InChI=1S/C27H30N4O2/c1-19-28-15-17-30(19)18-20-10-12-22(13-11-20)29-26(32)23-7-3-4-8-24(23)27(33)31-16-14-21-6-2-5-9-25(21)31/h2,5-6,9-13,15,17,23-24H,3-4,7-8,14,16,18H2,1H3,(H,29,32). The monoisotopic (exact) mass is 442 g/mol. The molecular formula is C27H30N4O2. The van der Waals surface area contributed by atoms with Crippen molar-refractivity contribution in [3.63, 3.8) is 0 Å². The maximum atomic E-state index is 13.5. The summed E-state index contributed by atoms with van der Waals surface area (Å²) < 4.78 is 2.09. The minimum atomic E-state index is -0.285. The van der Waals surface area contributed by atoms with Gasteiger partial charge in [-0.2, -0.15) is 0 Å². The van der Waals surface area contributed by atoms with Gasteiger partial charge in [-0.05, 0) is 55.5 Å². The number of carbonyl (C=O) groups is 2. The fourth-order valence-electron chi connectivity index (χ4n) is 5.20. The third-order valence-electron chi connectivity index (χ3n) is 7.07. The number of nitrogens with one attached hydrogen (secondary N) is 1. The van der Waals surface area contributed by atoms with Crippen LogP contribution in [0.15, 0.2) is 60.9 Å². The van der Waals surface area contributed by atoms with Crippen LogP contribution in [-0.2, 0) is 22.6 Å². The number of imidazole rings is 1. The molecular weight excluding hydrogens is 412 g/mol. The van der Waals surface area contributed by atoms with Gasteiger partial charge in [0.25, 0.3) is 0 Å². The van der Waals surface area contributed by atoms with Gasteiger partial charge in [0.1, 0.15) is 5.82 Å². The van der Waals surface area contributed by atoms with Crippen LogP contribution in [0.25, 0.3) is 0 Å². The molecule has 2 aromatic carbocycles. The number of aromatic nitrogens is 2. The molecule has 33 heavy (non-hydrogen) atoms. The maximum absolute atomic E-state index is 13.5. The van der Waals surface area contributed by atoms with Crippen LogP contribution in [0, 0.1) is 18.8 Å². The Morgan fingerprint density at radius 1 is 1.03 bits per heavy atom. The molecule has 6 nitrogen and oxygen atoms in total. The Bertz CT molecular complexity index is 1150. The molecule has 0 saturated heterocycles. The largest absolute Gasteiger partial charge is 0.331 e. The SMILES string of the molecule is Cc1nccn1Cc1ccc(NC(=O)C2CCCCC2C(=O)N2CCc3ccccc32)cc1. The van der Waals surface area contributed by atoms with Gasteiger partial charge >= 0.3 is 0 Å². The Labute approximate surface area is 194 Å². The molecule has 0 bridgehead atoms. The van der Waals surface area contributed by atoms with Crippen molar-refractivity contribution in [3.05, 3.63) is 77.9 Å². The molecule has 2 aliphatic rings. The molecule has 2 amide bonds. The van der Waals surface area contributed by atoms with Crippen molar-refractivity contribution in [1.29, 1.82) is 0 Å². The molecule has 3 aromatic rings. The lowest BCUT2D eigenvalue weighted by Gasteiger charge is -2.32. The first-order valence-corrected chi connectivity index (χ1v) is 11.9. The van der Waals surface area contributed by atoms with Gasteiger partial charge in [-0.25, -0.2) is 4.98 Å². The number of benzene rings is 2. The second-order valence-corrected chi connectivity index (χ2v) is 9.15. The van der Waals surface area contributed by atoms with E-state index in [-0.39, 0.29) is 23.7 Å². The number of rotatable bonds is 5. The van der Waals surface area contributed by atoms with Gasteiger partial charge < -0.3 is 14.8 Å². The summed E-state index contributed by atoms with van der Waals surface area (Å²) >= 11 is 0. The molecule has 170 valence electrons. The Morgan fingerprint density at radius 2 is 1.79 bits per heavy atom. The minimum absolute atomic E-state index is 0.0428. The first-order chi connectivity index (χ1) is 16.1. The van der Waals surface area contributed by atoms with E-state index in [0.717, 1.165) is 61.4 Å². The normalized spacial score (nSPS) is 19.8. The van der Waals surface area contributed by atoms with E-state index < -0.39 is 0 Å². The quantitative estimate of drug-likeness (QED) is 0.629. The first kappa shape index (κ1) is 21.4. The zero-order valence-electron chi connectivity index (χ0n) is 19.0. The van der Waals surface area contributed by atoms with Crippen LogP contribution in [0.3, 0.4) is 0 Å². The number of carbonyl (C=O) groups excluding carboxylic acids is 2. The predicted octanol–water partition coefficient (Wildman–Crippen LogP) is 4.57. The molecule has 2 heterocycles. The van der Waals surface area contributed by atoms with Gasteiger partial charge in [-0.3, -0.25) is 9.59 Å². The summed E-state index contributed by atoms with van der Waals surface area (Å²) in [6.07, 6.45) is 8.17. The fraction of sp³-hybridized carbons (Fsp3) is 0.370. The van der Waals surface area contributed by atoms with Crippen molar-refractivity contribution in [2.75, 3.05) is 16.8 Å². The highest BCUT2D eigenvalue weighted by Gasteiger charge is 2.39. The summed E-state index contributed by atoms with van der Waals surface area (Å²) in [4.78, 5) is 32.9. The number of para-hydroxylation sites is 1. The van der Waals surface area contributed by atoms with E-state index in [1.165, 1.54) is 5.56 Å². The molecule has 2 unspecified atom stereocenters. The number of aryl methyl sites for hydroxylation is 1. The highest BCUT2D eigenvalue weighted by molar-refractivity contribution is 6.02. The average Bonchev–Trinajstić information content (AvgIpc) is 3.46. The summed E-state index contributed by atoms with van der Waals surface area (Å²) in [5, 5.41) is 3.07. The van der Waals surface area contributed by atoms with Crippen molar-refractivity contribution in [2.24, 2.45) is 11.8 Å². The van der Waals surface area contributed by atoms with Crippen LogP contribution in [0.5, 0.6) is 0 Å². The molecule has 2 atom stereocenters. The van der Waals surface area contributed by atoms with Crippen molar-refractivity contribution in [3.8, 4) is 0 Å². The van der Waals surface area contributed by atoms with Gasteiger partial charge in [0.05, 0.1) is 5.92 Å². The van der Waals surface area contributed by atoms with Gasteiger partial charge in [0.15, 0.2) is 0 Å². The van der Waals surface area contributed by atoms with Crippen LogP contribution in [0.4, 0.5) is 11.4 Å². The summed E-state index contributed by atoms with van der Waals surface area (Å²) in [7, 11) is 0. The van der Waals surface area contributed by atoms with E-state index >= 15 is 0 Å².